The molecule has 1 aliphatic heterocycles. The summed E-state index contributed by atoms with van der Waals surface area (Å²) in [6.07, 6.45) is -4.26. The van der Waals surface area contributed by atoms with E-state index in [-0.39, 0.29) is 12.4 Å². The van der Waals surface area contributed by atoms with Crippen LogP contribution in [0, 0.1) is 0 Å². The summed E-state index contributed by atoms with van der Waals surface area (Å²) in [4.78, 5) is 2.20. The number of alkyl halides is 3. The van der Waals surface area contributed by atoms with Crippen molar-refractivity contribution in [3.8, 4) is 0 Å². The molecule has 6 heteroatoms. The first kappa shape index (κ1) is 16.3. The third-order valence-corrected chi connectivity index (χ3v) is 3.28. The van der Waals surface area contributed by atoms with Crippen molar-refractivity contribution in [3.05, 3.63) is 35.4 Å². The van der Waals surface area contributed by atoms with E-state index in [1.54, 1.807) is 6.07 Å². The van der Waals surface area contributed by atoms with Gasteiger partial charge in [0.05, 0.1) is 5.56 Å². The number of piperazine rings is 1. The molecule has 0 saturated carbocycles. The molecule has 0 aliphatic carbocycles. The molecule has 0 amide bonds. The second-order valence-corrected chi connectivity index (χ2v) is 4.72. The van der Waals surface area contributed by atoms with Gasteiger partial charge in [-0.2, -0.15) is 13.2 Å². The van der Waals surface area contributed by atoms with E-state index in [2.05, 4.69) is 17.1 Å². The van der Waals surface area contributed by atoms with Gasteiger partial charge in [-0.1, -0.05) is 18.2 Å². The van der Waals surface area contributed by atoms with E-state index in [1.165, 1.54) is 12.1 Å². The summed E-state index contributed by atoms with van der Waals surface area (Å²) >= 11 is 0. The Morgan fingerprint density at radius 1 is 1.37 bits per heavy atom. The molecule has 1 fully saturated rings. The highest BCUT2D eigenvalue weighted by molar-refractivity contribution is 5.85. The van der Waals surface area contributed by atoms with Gasteiger partial charge < -0.3 is 5.32 Å². The molecule has 1 aromatic rings. The summed E-state index contributed by atoms with van der Waals surface area (Å²) in [7, 11) is 0. The van der Waals surface area contributed by atoms with Crippen molar-refractivity contribution in [2.24, 2.45) is 0 Å². The first-order valence-corrected chi connectivity index (χ1v) is 6.08. The minimum atomic E-state index is -4.26. The molecule has 0 spiro atoms. The highest BCUT2D eigenvalue weighted by Gasteiger charge is 2.30. The lowest BCUT2D eigenvalue weighted by atomic mass is 10.1. The zero-order valence-electron chi connectivity index (χ0n) is 10.7. The second kappa shape index (κ2) is 6.59. The second-order valence-electron chi connectivity index (χ2n) is 4.72. The molecule has 1 aliphatic rings. The van der Waals surface area contributed by atoms with Crippen LogP contribution in [0.5, 0.6) is 0 Å². The van der Waals surface area contributed by atoms with Gasteiger partial charge in [0.15, 0.2) is 0 Å². The van der Waals surface area contributed by atoms with Crippen LogP contribution < -0.4 is 5.32 Å². The van der Waals surface area contributed by atoms with Crippen molar-refractivity contribution >= 4 is 12.4 Å². The maximum Gasteiger partial charge on any atom is 0.416 e. The van der Waals surface area contributed by atoms with E-state index >= 15 is 0 Å². The Balaban J connectivity index is 0.00000180. The van der Waals surface area contributed by atoms with Crippen molar-refractivity contribution in [2.45, 2.75) is 25.7 Å². The number of rotatable bonds is 2. The molecule has 2 rings (SSSR count). The fourth-order valence-corrected chi connectivity index (χ4v) is 2.20. The van der Waals surface area contributed by atoms with Crippen molar-refractivity contribution in [2.75, 3.05) is 19.6 Å². The molecule has 1 aromatic carbocycles. The number of halogens is 4. The van der Waals surface area contributed by atoms with Crippen molar-refractivity contribution in [3.63, 3.8) is 0 Å². The first-order chi connectivity index (χ1) is 8.47. The molecule has 1 atom stereocenters. The third-order valence-electron chi connectivity index (χ3n) is 3.28. The maximum atomic E-state index is 12.6. The van der Waals surface area contributed by atoms with E-state index < -0.39 is 11.7 Å². The number of benzene rings is 1. The Labute approximate surface area is 117 Å². The number of nitrogens with zero attached hydrogens (tertiary/aromatic N) is 1. The van der Waals surface area contributed by atoms with E-state index in [0.717, 1.165) is 31.3 Å². The lowest BCUT2D eigenvalue weighted by Gasteiger charge is -2.34. The summed E-state index contributed by atoms with van der Waals surface area (Å²) in [5.74, 6) is 0. The quantitative estimate of drug-likeness (QED) is 0.902. The fourth-order valence-electron chi connectivity index (χ4n) is 2.20. The molecule has 1 N–H and O–H groups in total. The van der Waals surface area contributed by atoms with Crippen LogP contribution in [0.4, 0.5) is 13.2 Å². The van der Waals surface area contributed by atoms with Gasteiger partial charge in [-0.25, -0.2) is 0 Å². The molecule has 0 bridgehead atoms. The molecule has 19 heavy (non-hydrogen) atoms. The fraction of sp³-hybridized carbons (Fsp3) is 0.538. The van der Waals surface area contributed by atoms with Crippen LogP contribution in [0.15, 0.2) is 24.3 Å². The van der Waals surface area contributed by atoms with Crippen LogP contribution in [-0.4, -0.2) is 30.6 Å². The van der Waals surface area contributed by atoms with E-state index in [4.69, 9.17) is 0 Å². The van der Waals surface area contributed by atoms with Crippen LogP contribution >= 0.6 is 12.4 Å². The summed E-state index contributed by atoms with van der Waals surface area (Å²) in [6, 6.07) is 5.95. The normalized spacial score (nSPS) is 20.9. The summed E-state index contributed by atoms with van der Waals surface area (Å²) in [5.41, 5.74) is 0.154. The van der Waals surface area contributed by atoms with Gasteiger partial charge in [0, 0.05) is 32.2 Å². The van der Waals surface area contributed by atoms with Gasteiger partial charge in [0.1, 0.15) is 0 Å². The van der Waals surface area contributed by atoms with Crippen LogP contribution in [0.1, 0.15) is 18.1 Å². The molecular formula is C13H18ClF3N2. The Morgan fingerprint density at radius 3 is 2.74 bits per heavy atom. The molecule has 0 unspecified atom stereocenters. The monoisotopic (exact) mass is 294 g/mol. The molecule has 1 heterocycles. The van der Waals surface area contributed by atoms with E-state index in [0.29, 0.717) is 12.6 Å². The van der Waals surface area contributed by atoms with E-state index in [1.807, 2.05) is 0 Å². The largest absolute Gasteiger partial charge is 0.416 e. The van der Waals surface area contributed by atoms with Crippen LogP contribution in [-0.2, 0) is 12.7 Å². The average molecular weight is 295 g/mol. The molecule has 0 radical (unpaired) electrons. The topological polar surface area (TPSA) is 15.3 Å². The van der Waals surface area contributed by atoms with Gasteiger partial charge >= 0.3 is 6.18 Å². The van der Waals surface area contributed by atoms with Crippen LogP contribution in [0.2, 0.25) is 0 Å². The SMILES string of the molecule is C[C@@H]1CNCCN1Cc1cccc(C(F)(F)F)c1.Cl. The van der Waals surface area contributed by atoms with Crippen molar-refractivity contribution < 1.29 is 13.2 Å². The van der Waals surface area contributed by atoms with Crippen LogP contribution in [0.25, 0.3) is 0 Å². The van der Waals surface area contributed by atoms with E-state index in [9.17, 15) is 13.2 Å². The third kappa shape index (κ3) is 4.37. The Kier molecular flexibility index (Phi) is 5.64. The smallest absolute Gasteiger partial charge is 0.314 e. The van der Waals surface area contributed by atoms with Crippen molar-refractivity contribution in [1.82, 2.24) is 10.2 Å². The minimum absolute atomic E-state index is 0. The summed E-state index contributed by atoms with van der Waals surface area (Å²) < 4.78 is 37.8. The maximum absolute atomic E-state index is 12.6. The highest BCUT2D eigenvalue weighted by Crippen LogP contribution is 2.29. The molecular weight excluding hydrogens is 277 g/mol. The predicted octanol–water partition coefficient (Wildman–Crippen LogP) is 2.92. The van der Waals surface area contributed by atoms with Gasteiger partial charge in [-0.3, -0.25) is 4.90 Å². The Hall–Kier alpha value is -0.780. The van der Waals surface area contributed by atoms with Crippen LogP contribution in [0.3, 0.4) is 0 Å². The average Bonchev–Trinajstić information content (AvgIpc) is 2.31. The minimum Gasteiger partial charge on any atom is -0.314 e. The van der Waals surface area contributed by atoms with Gasteiger partial charge in [-0.15, -0.1) is 12.4 Å². The zero-order chi connectivity index (χ0) is 13.2. The number of nitrogens with one attached hydrogen (secondary N) is 1. The van der Waals surface area contributed by atoms with Gasteiger partial charge in [0.25, 0.3) is 0 Å². The Bertz CT molecular complexity index is 409. The summed E-state index contributed by atoms with van der Waals surface area (Å²) in [5, 5.41) is 3.26. The zero-order valence-corrected chi connectivity index (χ0v) is 11.5. The number of hydrogen-bond acceptors (Lipinski definition) is 2. The lowest BCUT2D eigenvalue weighted by Crippen LogP contribution is -2.49. The molecule has 108 valence electrons. The molecule has 0 aromatic heterocycles. The van der Waals surface area contributed by atoms with Crippen molar-refractivity contribution in [1.29, 1.82) is 0 Å². The lowest BCUT2D eigenvalue weighted by molar-refractivity contribution is -0.137. The highest BCUT2D eigenvalue weighted by atomic mass is 35.5. The number of hydrogen-bond donors (Lipinski definition) is 1. The predicted molar refractivity (Wildman–Crippen MR) is 71.4 cm³/mol. The molecule has 2 nitrogen and oxygen atoms in total. The Morgan fingerprint density at radius 2 is 2.11 bits per heavy atom. The molecule has 1 saturated heterocycles. The first-order valence-electron chi connectivity index (χ1n) is 6.08. The summed E-state index contributed by atoms with van der Waals surface area (Å²) in [6.45, 7) is 5.31. The van der Waals surface area contributed by atoms with Gasteiger partial charge in [-0.05, 0) is 18.6 Å². The standard InChI is InChI=1S/C13H17F3N2.ClH/c1-10-8-17-5-6-18(10)9-11-3-2-4-12(7-11)13(14,15)16;/h2-4,7,10,17H,5-6,8-9H2,1H3;1H/t10-;/m1./s1. The van der Waals surface area contributed by atoms with Gasteiger partial charge in [0.2, 0.25) is 0 Å².